The zero-order valence-corrected chi connectivity index (χ0v) is 8.94. The molecule has 0 heterocycles. The van der Waals surface area contributed by atoms with Gasteiger partial charge >= 0.3 is 11.9 Å². The second-order valence-corrected chi connectivity index (χ2v) is 5.06. The Morgan fingerprint density at radius 3 is 2.36 bits per heavy atom. The molecule has 1 unspecified atom stereocenters. The van der Waals surface area contributed by atoms with Crippen LogP contribution in [0.1, 0.15) is 20.3 Å². The quantitative estimate of drug-likeness (QED) is 0.749. The van der Waals surface area contributed by atoms with Crippen molar-refractivity contribution in [2.75, 3.05) is 11.5 Å². The van der Waals surface area contributed by atoms with Crippen LogP contribution in [-0.4, -0.2) is 32.7 Å². The van der Waals surface area contributed by atoms with Gasteiger partial charge in [-0.25, -0.2) is 4.79 Å². The van der Waals surface area contributed by atoms with Gasteiger partial charge in [-0.3, -0.25) is 4.21 Å². The molecule has 3 nitrogen and oxygen atoms in total. The number of halogens is 2. The molecule has 0 radical (unpaired) electrons. The van der Waals surface area contributed by atoms with Gasteiger partial charge in [0.15, 0.2) is 0 Å². The fourth-order valence-electron chi connectivity index (χ4n) is 0.703. The maximum Gasteiger partial charge on any atom is 0.375 e. The molecule has 6 heteroatoms. The number of aliphatic carboxylic acids is 1. The van der Waals surface area contributed by atoms with E-state index in [9.17, 15) is 17.8 Å². The third-order valence-corrected chi connectivity index (χ3v) is 2.95. The summed E-state index contributed by atoms with van der Waals surface area (Å²) in [6.07, 6.45) is 0.558. The Hall–Kier alpha value is -0.520. The van der Waals surface area contributed by atoms with E-state index in [0.717, 1.165) is 0 Å². The van der Waals surface area contributed by atoms with Crippen LogP contribution in [0.25, 0.3) is 0 Å². The number of hydrogen-bond donors (Lipinski definition) is 1. The van der Waals surface area contributed by atoms with Crippen molar-refractivity contribution >= 4 is 16.8 Å². The molecule has 0 aromatic carbocycles. The molecule has 0 aromatic heterocycles. The molecule has 0 aliphatic heterocycles. The smallest absolute Gasteiger partial charge is 0.375 e. The van der Waals surface area contributed by atoms with Gasteiger partial charge in [0.25, 0.3) is 0 Å². The molecule has 0 aliphatic rings. The van der Waals surface area contributed by atoms with Crippen LogP contribution in [0.3, 0.4) is 0 Å². The van der Waals surface area contributed by atoms with Crippen LogP contribution < -0.4 is 0 Å². The first-order chi connectivity index (χ1) is 6.25. The van der Waals surface area contributed by atoms with Gasteiger partial charge in [-0.1, -0.05) is 13.8 Å². The summed E-state index contributed by atoms with van der Waals surface area (Å²) in [4.78, 5) is 10.0. The standard InChI is InChI=1S/C8H14F2O3S/c1-6(2)3-4-14(13)5-8(9,10)7(11)12/h6H,3-5H2,1-2H3,(H,11,12). The average molecular weight is 228 g/mol. The summed E-state index contributed by atoms with van der Waals surface area (Å²) in [5.74, 6) is -6.77. The van der Waals surface area contributed by atoms with E-state index in [1.807, 2.05) is 13.8 Å². The Morgan fingerprint density at radius 2 is 2.00 bits per heavy atom. The van der Waals surface area contributed by atoms with Crippen molar-refractivity contribution in [2.45, 2.75) is 26.2 Å². The fourth-order valence-corrected chi connectivity index (χ4v) is 2.11. The zero-order chi connectivity index (χ0) is 11.4. The third-order valence-electron chi connectivity index (χ3n) is 1.58. The molecular formula is C8H14F2O3S. The van der Waals surface area contributed by atoms with Gasteiger partial charge in [0.1, 0.15) is 0 Å². The average Bonchev–Trinajstić information content (AvgIpc) is 1.99. The molecule has 0 spiro atoms. The van der Waals surface area contributed by atoms with Crippen molar-refractivity contribution in [3.63, 3.8) is 0 Å². The first-order valence-corrected chi connectivity index (χ1v) is 5.70. The highest BCUT2D eigenvalue weighted by Gasteiger charge is 2.40. The minimum atomic E-state index is -3.87. The summed E-state index contributed by atoms with van der Waals surface area (Å²) in [7, 11) is -1.76. The Balaban J connectivity index is 4.00. The summed E-state index contributed by atoms with van der Waals surface area (Å²) in [6, 6.07) is 0. The van der Waals surface area contributed by atoms with Crippen LogP contribution in [0.15, 0.2) is 0 Å². The number of carboxylic acid groups (broad SMARTS) is 1. The first-order valence-electron chi connectivity index (χ1n) is 4.22. The summed E-state index contributed by atoms with van der Waals surface area (Å²) >= 11 is 0. The molecule has 84 valence electrons. The van der Waals surface area contributed by atoms with Crippen LogP contribution in [0.5, 0.6) is 0 Å². The van der Waals surface area contributed by atoms with Gasteiger partial charge in [0.2, 0.25) is 0 Å². The van der Waals surface area contributed by atoms with Crippen molar-refractivity contribution in [3.05, 3.63) is 0 Å². The van der Waals surface area contributed by atoms with E-state index in [1.165, 1.54) is 0 Å². The van der Waals surface area contributed by atoms with E-state index in [0.29, 0.717) is 6.42 Å². The predicted molar refractivity (Wildman–Crippen MR) is 49.9 cm³/mol. The summed E-state index contributed by atoms with van der Waals surface area (Å²) in [6.45, 7) is 3.76. The van der Waals surface area contributed by atoms with Gasteiger partial charge in [-0.2, -0.15) is 8.78 Å². The molecule has 0 saturated carbocycles. The number of carboxylic acids is 1. The number of carbonyl (C=O) groups is 1. The van der Waals surface area contributed by atoms with Gasteiger partial charge in [0, 0.05) is 16.6 Å². The van der Waals surface area contributed by atoms with E-state index in [-0.39, 0.29) is 11.7 Å². The van der Waals surface area contributed by atoms with Gasteiger partial charge in [-0.05, 0) is 12.3 Å². The van der Waals surface area contributed by atoms with Crippen molar-refractivity contribution in [2.24, 2.45) is 5.92 Å². The summed E-state index contributed by atoms with van der Waals surface area (Å²) in [5.41, 5.74) is 0. The van der Waals surface area contributed by atoms with Crippen LogP contribution in [-0.2, 0) is 15.6 Å². The maximum absolute atomic E-state index is 12.5. The molecule has 0 rings (SSSR count). The van der Waals surface area contributed by atoms with Crippen LogP contribution >= 0.6 is 0 Å². The molecule has 1 atom stereocenters. The van der Waals surface area contributed by atoms with Crippen LogP contribution in [0, 0.1) is 5.92 Å². The van der Waals surface area contributed by atoms with E-state index >= 15 is 0 Å². The molecular weight excluding hydrogens is 214 g/mol. The van der Waals surface area contributed by atoms with Crippen LogP contribution in [0.4, 0.5) is 8.78 Å². The Morgan fingerprint density at radius 1 is 1.50 bits per heavy atom. The molecule has 0 amide bonds. The summed E-state index contributed by atoms with van der Waals surface area (Å²) in [5, 5.41) is 8.08. The zero-order valence-electron chi connectivity index (χ0n) is 8.13. The molecule has 0 saturated heterocycles. The van der Waals surface area contributed by atoms with Crippen LogP contribution in [0.2, 0.25) is 0 Å². The number of hydrogen-bond acceptors (Lipinski definition) is 2. The van der Waals surface area contributed by atoms with Gasteiger partial charge in [0.05, 0.1) is 5.75 Å². The SMILES string of the molecule is CC(C)CCS(=O)CC(F)(F)C(=O)O. The van der Waals surface area contributed by atoms with Gasteiger partial charge in [-0.15, -0.1) is 0 Å². The van der Waals surface area contributed by atoms with Crippen molar-refractivity contribution in [1.82, 2.24) is 0 Å². The van der Waals surface area contributed by atoms with Gasteiger partial charge < -0.3 is 5.11 Å². The number of alkyl halides is 2. The molecule has 0 fully saturated rings. The second kappa shape index (κ2) is 5.38. The Labute approximate surface area is 84.0 Å². The lowest BCUT2D eigenvalue weighted by Crippen LogP contribution is -2.35. The second-order valence-electron chi connectivity index (χ2n) is 3.48. The lowest BCUT2D eigenvalue weighted by Gasteiger charge is -2.10. The highest BCUT2D eigenvalue weighted by Crippen LogP contribution is 2.16. The van der Waals surface area contributed by atoms with E-state index in [2.05, 4.69) is 0 Å². The molecule has 0 bridgehead atoms. The Kier molecular flexibility index (Phi) is 5.18. The first kappa shape index (κ1) is 13.5. The molecule has 0 aromatic rings. The Bertz CT molecular complexity index is 229. The molecule has 14 heavy (non-hydrogen) atoms. The number of rotatable bonds is 6. The molecule has 0 aliphatic carbocycles. The minimum absolute atomic E-state index is 0.126. The predicted octanol–water partition coefficient (Wildman–Crippen LogP) is 1.50. The highest BCUT2D eigenvalue weighted by molar-refractivity contribution is 7.85. The monoisotopic (exact) mass is 228 g/mol. The van der Waals surface area contributed by atoms with Crippen molar-refractivity contribution < 1.29 is 22.9 Å². The highest BCUT2D eigenvalue weighted by atomic mass is 32.2. The minimum Gasteiger partial charge on any atom is -0.477 e. The van der Waals surface area contributed by atoms with E-state index in [1.54, 1.807) is 0 Å². The lowest BCUT2D eigenvalue weighted by atomic mass is 10.2. The maximum atomic E-state index is 12.5. The summed E-state index contributed by atoms with van der Waals surface area (Å²) < 4.78 is 36.1. The van der Waals surface area contributed by atoms with Crippen molar-refractivity contribution in [3.8, 4) is 0 Å². The fraction of sp³-hybridized carbons (Fsp3) is 0.875. The van der Waals surface area contributed by atoms with Crippen molar-refractivity contribution in [1.29, 1.82) is 0 Å². The normalized spacial score (nSPS) is 14.4. The van der Waals surface area contributed by atoms with E-state index < -0.39 is 28.4 Å². The lowest BCUT2D eigenvalue weighted by molar-refractivity contribution is -0.161. The third kappa shape index (κ3) is 5.26. The van der Waals surface area contributed by atoms with E-state index in [4.69, 9.17) is 5.11 Å². The largest absolute Gasteiger partial charge is 0.477 e. The topological polar surface area (TPSA) is 54.4 Å². The molecule has 1 N–H and O–H groups in total.